The first-order chi connectivity index (χ1) is 6.70. The molecule has 1 aromatic heterocycles. The number of nitrogens with zero attached hydrogens (tertiary/aromatic N) is 2. The Kier molecular flexibility index (Phi) is 2.56. The average molecular weight is 195 g/mol. The fourth-order valence-corrected chi connectivity index (χ4v) is 1.93. The van der Waals surface area contributed by atoms with Gasteiger partial charge in [-0.05, 0) is 19.4 Å². The van der Waals surface area contributed by atoms with Crippen LogP contribution in [-0.2, 0) is 13.5 Å². The zero-order chi connectivity index (χ0) is 10.0. The topological polar surface area (TPSA) is 50.1 Å². The summed E-state index contributed by atoms with van der Waals surface area (Å²) < 4.78 is 2.01. The van der Waals surface area contributed by atoms with Crippen molar-refractivity contribution in [1.82, 2.24) is 14.9 Å². The Hall–Kier alpha value is -0.870. The van der Waals surface area contributed by atoms with E-state index in [1.807, 2.05) is 17.8 Å². The van der Waals surface area contributed by atoms with E-state index >= 15 is 0 Å². The number of hydrogen-bond acceptors (Lipinski definition) is 3. The number of hydrogen-bond donors (Lipinski definition) is 2. The van der Waals surface area contributed by atoms with Gasteiger partial charge in [0.15, 0.2) is 0 Å². The largest absolute Gasteiger partial charge is 0.389 e. The summed E-state index contributed by atoms with van der Waals surface area (Å²) in [6.45, 7) is 1.65. The molecule has 4 nitrogen and oxygen atoms in total. The van der Waals surface area contributed by atoms with Crippen LogP contribution in [0.15, 0.2) is 12.4 Å². The molecular formula is C10H17N3O. The van der Waals surface area contributed by atoms with Crippen molar-refractivity contribution in [1.29, 1.82) is 0 Å². The van der Waals surface area contributed by atoms with Gasteiger partial charge in [0.2, 0.25) is 0 Å². The molecule has 2 N–H and O–H groups in total. The van der Waals surface area contributed by atoms with Gasteiger partial charge in [-0.2, -0.15) is 0 Å². The quantitative estimate of drug-likeness (QED) is 0.718. The summed E-state index contributed by atoms with van der Waals surface area (Å²) in [5, 5.41) is 13.3. The molecule has 14 heavy (non-hydrogen) atoms. The number of rotatable bonds is 3. The van der Waals surface area contributed by atoms with Gasteiger partial charge in [-0.1, -0.05) is 0 Å². The molecule has 1 aliphatic heterocycles. The Morgan fingerprint density at radius 2 is 2.57 bits per heavy atom. The van der Waals surface area contributed by atoms with Crippen LogP contribution in [0, 0.1) is 0 Å². The third-order valence-corrected chi connectivity index (χ3v) is 2.96. The van der Waals surface area contributed by atoms with Crippen molar-refractivity contribution >= 4 is 0 Å². The van der Waals surface area contributed by atoms with Crippen LogP contribution in [0.1, 0.15) is 18.7 Å². The molecular weight excluding hydrogens is 178 g/mol. The van der Waals surface area contributed by atoms with Crippen molar-refractivity contribution in [3.63, 3.8) is 0 Å². The predicted octanol–water partition coefficient (Wildman–Crippen LogP) is 0.0771. The fraction of sp³-hybridized carbons (Fsp3) is 0.700. The van der Waals surface area contributed by atoms with Crippen molar-refractivity contribution in [3.8, 4) is 0 Å². The van der Waals surface area contributed by atoms with Crippen LogP contribution in [-0.4, -0.2) is 33.3 Å². The molecule has 0 spiro atoms. The van der Waals surface area contributed by atoms with Crippen LogP contribution >= 0.6 is 0 Å². The molecule has 1 atom stereocenters. The first kappa shape index (κ1) is 9.68. The van der Waals surface area contributed by atoms with E-state index in [0.717, 1.165) is 38.2 Å². The number of aliphatic hydroxyl groups is 1. The highest BCUT2D eigenvalue weighted by Gasteiger charge is 2.30. The molecule has 0 amide bonds. The minimum atomic E-state index is -0.508. The highest BCUT2D eigenvalue weighted by Crippen LogP contribution is 2.20. The number of aryl methyl sites for hydroxylation is 2. The summed E-state index contributed by atoms with van der Waals surface area (Å²) in [5.74, 6) is 1.05. The monoisotopic (exact) mass is 195 g/mol. The maximum atomic E-state index is 10.1. The number of imidazole rings is 1. The number of β-amino-alcohol motifs (C(OH)–C–C–N with tert-alkyl or cyclic N) is 1. The Bertz CT molecular complexity index is 302. The molecule has 0 aromatic carbocycles. The van der Waals surface area contributed by atoms with Crippen LogP contribution in [0.25, 0.3) is 0 Å². The molecule has 1 aromatic rings. The molecule has 1 aliphatic rings. The van der Waals surface area contributed by atoms with Crippen LogP contribution in [0.5, 0.6) is 0 Å². The maximum Gasteiger partial charge on any atom is 0.108 e. The highest BCUT2D eigenvalue weighted by atomic mass is 16.3. The van der Waals surface area contributed by atoms with Crippen molar-refractivity contribution < 1.29 is 5.11 Å². The predicted molar refractivity (Wildman–Crippen MR) is 54.0 cm³/mol. The molecule has 2 rings (SSSR count). The minimum Gasteiger partial charge on any atom is -0.389 e. The maximum absolute atomic E-state index is 10.1. The molecule has 0 bridgehead atoms. The second kappa shape index (κ2) is 3.71. The SMILES string of the molecule is Cn1ccnc1CCC1(O)CCNC1. The smallest absolute Gasteiger partial charge is 0.108 e. The zero-order valence-corrected chi connectivity index (χ0v) is 8.53. The Labute approximate surface area is 84.0 Å². The van der Waals surface area contributed by atoms with Crippen LogP contribution < -0.4 is 5.32 Å². The third kappa shape index (κ3) is 1.96. The van der Waals surface area contributed by atoms with Crippen molar-refractivity contribution in [3.05, 3.63) is 18.2 Å². The molecule has 1 unspecified atom stereocenters. The summed E-state index contributed by atoms with van der Waals surface area (Å²) in [6, 6.07) is 0. The van der Waals surface area contributed by atoms with E-state index in [1.54, 1.807) is 6.20 Å². The van der Waals surface area contributed by atoms with Gasteiger partial charge in [0.25, 0.3) is 0 Å². The number of nitrogens with one attached hydrogen (secondary N) is 1. The van der Waals surface area contributed by atoms with Crippen molar-refractivity contribution in [2.75, 3.05) is 13.1 Å². The second-order valence-corrected chi connectivity index (χ2v) is 4.11. The lowest BCUT2D eigenvalue weighted by Crippen LogP contribution is -2.32. The molecule has 1 fully saturated rings. The van der Waals surface area contributed by atoms with E-state index in [1.165, 1.54) is 0 Å². The van der Waals surface area contributed by atoms with Gasteiger partial charge in [-0.15, -0.1) is 0 Å². The fourth-order valence-electron chi connectivity index (χ4n) is 1.93. The first-order valence-corrected chi connectivity index (χ1v) is 5.09. The van der Waals surface area contributed by atoms with Gasteiger partial charge in [0.1, 0.15) is 5.82 Å². The molecule has 0 aliphatic carbocycles. The molecule has 0 radical (unpaired) electrons. The van der Waals surface area contributed by atoms with E-state index in [9.17, 15) is 5.11 Å². The lowest BCUT2D eigenvalue weighted by molar-refractivity contribution is 0.0520. The standard InChI is InChI=1S/C10H17N3O/c1-13-7-6-12-9(13)2-3-10(14)4-5-11-8-10/h6-7,11,14H,2-5,8H2,1H3. The van der Waals surface area contributed by atoms with Gasteiger partial charge < -0.3 is 15.0 Å². The van der Waals surface area contributed by atoms with Gasteiger partial charge >= 0.3 is 0 Å². The van der Waals surface area contributed by atoms with E-state index < -0.39 is 5.60 Å². The normalized spacial score (nSPS) is 27.0. The molecule has 78 valence electrons. The summed E-state index contributed by atoms with van der Waals surface area (Å²) in [6.07, 6.45) is 6.24. The van der Waals surface area contributed by atoms with Gasteiger partial charge in [0.05, 0.1) is 5.60 Å². The van der Waals surface area contributed by atoms with Crippen molar-refractivity contribution in [2.24, 2.45) is 7.05 Å². The summed E-state index contributed by atoms with van der Waals surface area (Å²) >= 11 is 0. The average Bonchev–Trinajstić information content (AvgIpc) is 2.73. The second-order valence-electron chi connectivity index (χ2n) is 4.11. The van der Waals surface area contributed by atoms with Crippen LogP contribution in [0.4, 0.5) is 0 Å². The third-order valence-electron chi connectivity index (χ3n) is 2.96. The highest BCUT2D eigenvalue weighted by molar-refractivity contribution is 4.96. The van der Waals surface area contributed by atoms with Gasteiger partial charge in [-0.25, -0.2) is 4.98 Å². The first-order valence-electron chi connectivity index (χ1n) is 5.09. The summed E-state index contributed by atoms with van der Waals surface area (Å²) in [4.78, 5) is 4.24. The number of aromatic nitrogens is 2. The summed E-state index contributed by atoms with van der Waals surface area (Å²) in [7, 11) is 1.99. The van der Waals surface area contributed by atoms with Crippen LogP contribution in [0.2, 0.25) is 0 Å². The molecule has 1 saturated heterocycles. The summed E-state index contributed by atoms with van der Waals surface area (Å²) in [5.41, 5.74) is -0.508. The Morgan fingerprint density at radius 1 is 1.71 bits per heavy atom. The lowest BCUT2D eigenvalue weighted by atomic mass is 9.97. The molecule has 2 heterocycles. The lowest BCUT2D eigenvalue weighted by Gasteiger charge is -2.20. The van der Waals surface area contributed by atoms with E-state index in [4.69, 9.17) is 0 Å². The molecule has 0 saturated carbocycles. The van der Waals surface area contributed by atoms with Gasteiger partial charge in [0, 0.05) is 32.4 Å². The van der Waals surface area contributed by atoms with E-state index in [-0.39, 0.29) is 0 Å². The minimum absolute atomic E-state index is 0.508. The van der Waals surface area contributed by atoms with Gasteiger partial charge in [-0.3, -0.25) is 0 Å². The van der Waals surface area contributed by atoms with Crippen molar-refractivity contribution in [2.45, 2.75) is 24.9 Å². The van der Waals surface area contributed by atoms with E-state index in [0.29, 0.717) is 0 Å². The van der Waals surface area contributed by atoms with E-state index in [2.05, 4.69) is 10.3 Å². The van der Waals surface area contributed by atoms with Crippen LogP contribution in [0.3, 0.4) is 0 Å². The Balaban J connectivity index is 1.91. The zero-order valence-electron chi connectivity index (χ0n) is 8.53. The molecule has 4 heteroatoms. The Morgan fingerprint density at radius 3 is 3.14 bits per heavy atom.